The van der Waals surface area contributed by atoms with Gasteiger partial charge in [0.25, 0.3) is 0 Å². The summed E-state index contributed by atoms with van der Waals surface area (Å²) < 4.78 is 8.86. The van der Waals surface area contributed by atoms with Crippen molar-refractivity contribution in [3.05, 3.63) is 164 Å². The number of rotatable bonds is 5. The van der Waals surface area contributed by atoms with Crippen LogP contribution in [0.25, 0.3) is 60.6 Å². The van der Waals surface area contributed by atoms with Gasteiger partial charge in [0, 0.05) is 33.2 Å². The number of hydrogen-bond donors (Lipinski definition) is 0. The molecular weight excluding hydrogens is 548 g/mol. The van der Waals surface area contributed by atoms with Crippen molar-refractivity contribution < 1.29 is 4.42 Å². The summed E-state index contributed by atoms with van der Waals surface area (Å²) in [6.45, 7) is 0. The van der Waals surface area contributed by atoms with Gasteiger partial charge in [0.1, 0.15) is 11.2 Å². The van der Waals surface area contributed by atoms with Crippen LogP contribution >= 0.6 is 0 Å². The minimum Gasteiger partial charge on any atom is -0.455 e. The number of allylic oxidation sites excluding steroid dienone is 2. The maximum absolute atomic E-state index is 6.49. The van der Waals surface area contributed by atoms with Crippen LogP contribution in [0.15, 0.2) is 168 Å². The van der Waals surface area contributed by atoms with Crippen LogP contribution in [-0.4, -0.2) is 10.6 Å². The van der Waals surface area contributed by atoms with Crippen LogP contribution in [0.5, 0.6) is 0 Å². The van der Waals surface area contributed by atoms with Crippen LogP contribution in [0.1, 0.15) is 6.42 Å². The van der Waals surface area contributed by atoms with Gasteiger partial charge in [0.15, 0.2) is 0 Å². The Kier molecular flexibility index (Phi) is 5.95. The number of anilines is 2. The highest BCUT2D eigenvalue weighted by Crippen LogP contribution is 2.41. The molecule has 1 aliphatic rings. The predicted molar refractivity (Wildman–Crippen MR) is 189 cm³/mol. The van der Waals surface area contributed by atoms with Crippen LogP contribution < -0.4 is 4.90 Å². The maximum Gasteiger partial charge on any atom is 0.145 e. The molecule has 8 aromatic rings. The van der Waals surface area contributed by atoms with Crippen LogP contribution in [-0.2, 0) is 0 Å². The third-order valence-corrected chi connectivity index (χ3v) is 9.11. The maximum atomic E-state index is 6.49. The van der Waals surface area contributed by atoms with Crippen molar-refractivity contribution in [2.24, 2.45) is 0 Å². The highest BCUT2D eigenvalue weighted by Gasteiger charge is 2.21. The van der Waals surface area contributed by atoms with Crippen LogP contribution in [0.4, 0.5) is 11.4 Å². The summed E-state index contributed by atoms with van der Waals surface area (Å²) in [5, 5.41) is 4.65. The van der Waals surface area contributed by atoms with Gasteiger partial charge in [0.05, 0.1) is 22.5 Å². The van der Waals surface area contributed by atoms with E-state index in [9.17, 15) is 0 Å². The van der Waals surface area contributed by atoms with Crippen molar-refractivity contribution in [2.75, 3.05) is 4.90 Å². The van der Waals surface area contributed by atoms with Gasteiger partial charge in [-0.3, -0.25) is 0 Å². The minimum absolute atomic E-state index is 0.234. The van der Waals surface area contributed by atoms with E-state index in [0.29, 0.717) is 0 Å². The molecule has 1 atom stereocenters. The Labute approximate surface area is 261 Å². The van der Waals surface area contributed by atoms with Gasteiger partial charge >= 0.3 is 0 Å². The average Bonchev–Trinajstić information content (AvgIpc) is 3.66. The molecule has 0 N–H and O–H groups in total. The zero-order valence-electron chi connectivity index (χ0n) is 24.7. The number of benzene rings is 6. The smallest absolute Gasteiger partial charge is 0.145 e. The minimum atomic E-state index is 0.234. The topological polar surface area (TPSA) is 21.3 Å². The van der Waals surface area contributed by atoms with Gasteiger partial charge in [-0.1, -0.05) is 103 Å². The lowest BCUT2D eigenvalue weighted by molar-refractivity contribution is 0.673. The summed E-state index contributed by atoms with van der Waals surface area (Å²) in [6, 6.07) is 50.1. The second kappa shape index (κ2) is 10.4. The Morgan fingerprint density at radius 2 is 1.24 bits per heavy atom. The fraction of sp³-hybridized carbons (Fsp3) is 0.0476. The number of fused-ring (bicyclic) bond motifs is 7. The van der Waals surface area contributed by atoms with E-state index in [1.165, 1.54) is 27.7 Å². The molecule has 0 radical (unpaired) electrons. The summed E-state index contributed by atoms with van der Waals surface area (Å²) >= 11 is 0. The first-order valence-electron chi connectivity index (χ1n) is 15.6. The molecule has 0 aliphatic heterocycles. The zero-order chi connectivity index (χ0) is 29.7. The van der Waals surface area contributed by atoms with Gasteiger partial charge in [-0.05, 0) is 78.2 Å². The molecule has 6 aromatic carbocycles. The van der Waals surface area contributed by atoms with Gasteiger partial charge < -0.3 is 13.9 Å². The standard InChI is InChI=1S/C42H30N2O/c1-3-11-29(12-4-1)30-19-21-32(22-20-30)43(31-13-5-2-6-14-31)33-23-25-34(26-24-33)44-38-17-9-7-16-37(38)41-39(44)28-27-36-35-15-8-10-18-40(35)45-42(36)41/h1-13,15-28,31H,14H2. The summed E-state index contributed by atoms with van der Waals surface area (Å²) in [6.07, 6.45) is 9.80. The molecule has 0 spiro atoms. The van der Waals surface area contributed by atoms with Crippen molar-refractivity contribution in [1.82, 2.24) is 4.57 Å². The Balaban J connectivity index is 1.16. The summed E-state index contributed by atoms with van der Waals surface area (Å²) in [5.41, 5.74) is 10.1. The molecule has 0 bridgehead atoms. The number of nitrogens with zero attached hydrogens (tertiary/aromatic N) is 2. The highest BCUT2D eigenvalue weighted by molar-refractivity contribution is 6.23. The first-order chi connectivity index (χ1) is 22.3. The first-order valence-corrected chi connectivity index (χ1v) is 15.6. The predicted octanol–water partition coefficient (Wildman–Crippen LogP) is 11.4. The molecule has 1 aliphatic carbocycles. The molecule has 3 heteroatoms. The highest BCUT2D eigenvalue weighted by atomic mass is 16.3. The number of aromatic nitrogens is 1. The molecule has 2 heterocycles. The summed E-state index contributed by atoms with van der Waals surface area (Å²) in [5.74, 6) is 0. The van der Waals surface area contributed by atoms with E-state index in [2.05, 4.69) is 167 Å². The quantitative estimate of drug-likeness (QED) is 0.203. The SMILES string of the molecule is C1=CCC(N(c2ccc(-c3ccccc3)cc2)c2ccc(-n3c4ccccc4c4c5oc6ccccc6c5ccc43)cc2)C=C1. The lowest BCUT2D eigenvalue weighted by atomic mass is 10.0. The Morgan fingerprint density at radius 1 is 0.556 bits per heavy atom. The number of para-hydroxylation sites is 2. The molecule has 2 aromatic heterocycles. The molecule has 1 unspecified atom stereocenters. The molecule has 0 saturated carbocycles. The van der Waals surface area contributed by atoms with Gasteiger partial charge in [-0.25, -0.2) is 0 Å². The molecule has 0 amide bonds. The second-order valence-electron chi connectivity index (χ2n) is 11.7. The van der Waals surface area contributed by atoms with E-state index in [4.69, 9.17) is 4.42 Å². The van der Waals surface area contributed by atoms with Crippen LogP contribution in [0, 0.1) is 0 Å². The Hall–Kier alpha value is -5.80. The van der Waals surface area contributed by atoms with Crippen LogP contribution in [0.3, 0.4) is 0 Å². The molecule has 45 heavy (non-hydrogen) atoms. The third kappa shape index (κ3) is 4.20. The number of furan rings is 1. The van der Waals surface area contributed by atoms with E-state index in [1.54, 1.807) is 0 Å². The van der Waals surface area contributed by atoms with E-state index < -0.39 is 0 Å². The van der Waals surface area contributed by atoms with Gasteiger partial charge in [-0.2, -0.15) is 0 Å². The van der Waals surface area contributed by atoms with E-state index in [0.717, 1.165) is 50.6 Å². The van der Waals surface area contributed by atoms with E-state index in [1.807, 2.05) is 6.07 Å². The fourth-order valence-electron chi connectivity index (χ4n) is 7.01. The van der Waals surface area contributed by atoms with Crippen LogP contribution in [0.2, 0.25) is 0 Å². The average molecular weight is 579 g/mol. The molecule has 9 rings (SSSR count). The van der Waals surface area contributed by atoms with Gasteiger partial charge in [0.2, 0.25) is 0 Å². The van der Waals surface area contributed by atoms with Crippen molar-refractivity contribution >= 4 is 55.1 Å². The molecule has 214 valence electrons. The first kappa shape index (κ1) is 25.7. The molecule has 0 fully saturated rings. The van der Waals surface area contributed by atoms with E-state index in [-0.39, 0.29) is 6.04 Å². The van der Waals surface area contributed by atoms with Gasteiger partial charge in [-0.15, -0.1) is 0 Å². The molecular formula is C42H30N2O. The zero-order valence-corrected chi connectivity index (χ0v) is 24.7. The van der Waals surface area contributed by atoms with Crippen molar-refractivity contribution in [3.8, 4) is 16.8 Å². The molecule has 3 nitrogen and oxygen atoms in total. The van der Waals surface area contributed by atoms with Crippen molar-refractivity contribution in [1.29, 1.82) is 0 Å². The van der Waals surface area contributed by atoms with Crippen molar-refractivity contribution in [2.45, 2.75) is 12.5 Å². The van der Waals surface area contributed by atoms with Crippen molar-refractivity contribution in [3.63, 3.8) is 0 Å². The lowest BCUT2D eigenvalue weighted by Crippen LogP contribution is -2.29. The Morgan fingerprint density at radius 3 is 2.02 bits per heavy atom. The summed E-state index contributed by atoms with van der Waals surface area (Å²) in [4.78, 5) is 2.45. The van der Waals surface area contributed by atoms with E-state index >= 15 is 0 Å². The largest absolute Gasteiger partial charge is 0.455 e. The summed E-state index contributed by atoms with van der Waals surface area (Å²) in [7, 11) is 0. The lowest BCUT2D eigenvalue weighted by Gasteiger charge is -2.33. The monoisotopic (exact) mass is 578 g/mol. The molecule has 0 saturated heterocycles. The normalized spacial score (nSPS) is 14.6. The second-order valence-corrected chi connectivity index (χ2v) is 11.7. The third-order valence-electron chi connectivity index (χ3n) is 9.11. The Bertz CT molecular complexity index is 2390. The fourth-order valence-corrected chi connectivity index (χ4v) is 7.01. The number of hydrogen-bond acceptors (Lipinski definition) is 2.